The van der Waals surface area contributed by atoms with Crippen LogP contribution in [0.15, 0.2) is 35.6 Å². The number of carbonyl (C=O) groups excluding carboxylic acids is 1. The van der Waals surface area contributed by atoms with Gasteiger partial charge in [-0.15, -0.1) is 10.2 Å². The summed E-state index contributed by atoms with van der Waals surface area (Å²) in [5.41, 5.74) is 1.81. The van der Waals surface area contributed by atoms with Crippen molar-refractivity contribution >= 4 is 11.9 Å². The Morgan fingerprint density at radius 2 is 2.07 bits per heavy atom. The first-order valence-electron chi connectivity index (χ1n) is 9.24. The molecular weight excluding hydrogens is 342 g/mol. The van der Waals surface area contributed by atoms with Crippen LogP contribution in [0.25, 0.3) is 0 Å². The predicted octanol–water partition coefficient (Wildman–Crippen LogP) is 1.30. The molecule has 1 aromatic carbocycles. The molecule has 27 heavy (non-hydrogen) atoms. The fraction of sp³-hybridized carbons (Fsp3) is 0.474. The monoisotopic (exact) mass is 371 g/mol. The second kappa shape index (κ2) is 10.3. The normalized spacial score (nSPS) is 11.3. The average Bonchev–Trinajstić information content (AvgIpc) is 3.13. The van der Waals surface area contributed by atoms with Crippen LogP contribution in [0.3, 0.4) is 0 Å². The number of aryl methyl sites for hydroxylation is 1. The van der Waals surface area contributed by atoms with E-state index in [-0.39, 0.29) is 5.91 Å². The predicted molar refractivity (Wildman–Crippen MR) is 107 cm³/mol. The summed E-state index contributed by atoms with van der Waals surface area (Å²) >= 11 is 0. The quantitative estimate of drug-likeness (QED) is 0.539. The first kappa shape index (κ1) is 20.4. The Hall–Kier alpha value is -2.90. The van der Waals surface area contributed by atoms with Crippen molar-refractivity contribution in [3.8, 4) is 0 Å². The number of hydrogen-bond donors (Lipinski definition) is 2. The van der Waals surface area contributed by atoms with Crippen LogP contribution >= 0.6 is 0 Å². The van der Waals surface area contributed by atoms with Crippen LogP contribution in [-0.4, -0.2) is 58.7 Å². The standard InChI is InChI=1S/C19H29N7O/c1-5-20-19(22-13-17-24-23-14-26(17)6-2)21-11-10-15-8-7-9-16(12-15)18(27)25(3)4/h7-9,12,14H,5-6,10-11,13H2,1-4H3,(H2,20,21,22). The number of carbonyl (C=O) groups is 1. The van der Waals surface area contributed by atoms with Crippen LogP contribution in [-0.2, 0) is 19.5 Å². The van der Waals surface area contributed by atoms with Crippen molar-refractivity contribution in [2.24, 2.45) is 4.99 Å². The van der Waals surface area contributed by atoms with E-state index >= 15 is 0 Å². The number of guanidine groups is 1. The van der Waals surface area contributed by atoms with E-state index in [1.54, 1.807) is 25.3 Å². The summed E-state index contributed by atoms with van der Waals surface area (Å²) in [6.45, 7) is 6.86. The lowest BCUT2D eigenvalue weighted by Gasteiger charge is -2.13. The second-order valence-electron chi connectivity index (χ2n) is 6.31. The summed E-state index contributed by atoms with van der Waals surface area (Å²) < 4.78 is 1.97. The third-order valence-corrected chi connectivity index (χ3v) is 4.05. The molecule has 0 aliphatic rings. The van der Waals surface area contributed by atoms with Crippen molar-refractivity contribution in [2.75, 3.05) is 27.2 Å². The van der Waals surface area contributed by atoms with Gasteiger partial charge in [0.1, 0.15) is 12.9 Å². The summed E-state index contributed by atoms with van der Waals surface area (Å²) in [4.78, 5) is 18.2. The summed E-state index contributed by atoms with van der Waals surface area (Å²) in [6, 6.07) is 7.73. The second-order valence-corrected chi connectivity index (χ2v) is 6.31. The molecule has 1 aromatic heterocycles. The fourth-order valence-electron chi connectivity index (χ4n) is 2.60. The zero-order valence-electron chi connectivity index (χ0n) is 16.6. The first-order chi connectivity index (χ1) is 13.0. The highest BCUT2D eigenvalue weighted by molar-refractivity contribution is 5.94. The number of aromatic nitrogens is 3. The topological polar surface area (TPSA) is 87.4 Å². The minimum atomic E-state index is 0.0137. The zero-order chi connectivity index (χ0) is 19.6. The highest BCUT2D eigenvalue weighted by Crippen LogP contribution is 2.07. The molecule has 8 nitrogen and oxygen atoms in total. The SMILES string of the molecule is CCNC(=NCc1nncn1CC)NCCc1cccc(C(=O)N(C)C)c1. The lowest BCUT2D eigenvalue weighted by atomic mass is 10.1. The molecule has 0 fully saturated rings. The van der Waals surface area contributed by atoms with Crippen LogP contribution in [0.1, 0.15) is 35.6 Å². The van der Waals surface area contributed by atoms with E-state index in [1.807, 2.05) is 35.8 Å². The molecule has 2 N–H and O–H groups in total. The van der Waals surface area contributed by atoms with Gasteiger partial charge in [-0.05, 0) is 38.0 Å². The minimum absolute atomic E-state index is 0.0137. The molecule has 146 valence electrons. The first-order valence-corrected chi connectivity index (χ1v) is 9.24. The van der Waals surface area contributed by atoms with Crippen LogP contribution in [0.4, 0.5) is 0 Å². The van der Waals surface area contributed by atoms with Gasteiger partial charge in [-0.3, -0.25) is 4.79 Å². The van der Waals surface area contributed by atoms with Crippen molar-refractivity contribution in [2.45, 2.75) is 33.4 Å². The van der Waals surface area contributed by atoms with Crippen LogP contribution in [0.2, 0.25) is 0 Å². The van der Waals surface area contributed by atoms with Crippen molar-refractivity contribution in [3.63, 3.8) is 0 Å². The molecule has 0 saturated heterocycles. The van der Waals surface area contributed by atoms with Gasteiger partial charge in [0.25, 0.3) is 5.91 Å². The molecule has 1 heterocycles. The maximum atomic E-state index is 12.1. The van der Waals surface area contributed by atoms with Crippen LogP contribution in [0.5, 0.6) is 0 Å². The molecule has 0 unspecified atom stereocenters. The molecule has 2 aromatic rings. The lowest BCUT2D eigenvalue weighted by molar-refractivity contribution is 0.0827. The highest BCUT2D eigenvalue weighted by atomic mass is 16.2. The Morgan fingerprint density at radius 3 is 2.78 bits per heavy atom. The van der Waals surface area contributed by atoms with E-state index in [4.69, 9.17) is 0 Å². The minimum Gasteiger partial charge on any atom is -0.357 e. The van der Waals surface area contributed by atoms with Crippen LogP contribution < -0.4 is 10.6 Å². The summed E-state index contributed by atoms with van der Waals surface area (Å²) in [5, 5.41) is 14.6. The molecule has 2 rings (SSSR count). The molecule has 0 spiro atoms. The third-order valence-electron chi connectivity index (χ3n) is 4.05. The van der Waals surface area contributed by atoms with Gasteiger partial charge in [0.15, 0.2) is 11.8 Å². The average molecular weight is 371 g/mol. The van der Waals surface area contributed by atoms with Crippen molar-refractivity contribution in [1.29, 1.82) is 0 Å². The van der Waals surface area contributed by atoms with E-state index in [9.17, 15) is 4.79 Å². The fourth-order valence-corrected chi connectivity index (χ4v) is 2.60. The number of aliphatic imine (C=N–C) groups is 1. The van der Waals surface area contributed by atoms with E-state index in [2.05, 4.69) is 32.7 Å². The summed E-state index contributed by atoms with van der Waals surface area (Å²) in [6.07, 6.45) is 2.51. The van der Waals surface area contributed by atoms with E-state index in [1.165, 1.54) is 0 Å². The number of nitrogens with zero attached hydrogens (tertiary/aromatic N) is 5. The number of hydrogen-bond acceptors (Lipinski definition) is 4. The Morgan fingerprint density at radius 1 is 1.26 bits per heavy atom. The van der Waals surface area contributed by atoms with Gasteiger partial charge in [-0.1, -0.05) is 12.1 Å². The molecule has 0 saturated carbocycles. The van der Waals surface area contributed by atoms with Crippen LogP contribution in [0, 0.1) is 0 Å². The van der Waals surface area contributed by atoms with Crippen molar-refractivity contribution in [3.05, 3.63) is 47.5 Å². The molecule has 0 bridgehead atoms. The van der Waals surface area contributed by atoms with Gasteiger partial charge in [0.05, 0.1) is 0 Å². The van der Waals surface area contributed by atoms with Gasteiger partial charge in [0, 0.05) is 39.3 Å². The molecule has 1 amide bonds. The van der Waals surface area contributed by atoms with Gasteiger partial charge in [-0.2, -0.15) is 0 Å². The maximum Gasteiger partial charge on any atom is 0.253 e. The lowest BCUT2D eigenvalue weighted by Crippen LogP contribution is -2.38. The smallest absolute Gasteiger partial charge is 0.253 e. The van der Waals surface area contributed by atoms with Gasteiger partial charge in [0.2, 0.25) is 0 Å². The van der Waals surface area contributed by atoms with Crippen molar-refractivity contribution in [1.82, 2.24) is 30.3 Å². The summed E-state index contributed by atoms with van der Waals surface area (Å²) in [5.74, 6) is 1.59. The zero-order valence-corrected chi connectivity index (χ0v) is 16.6. The Balaban J connectivity index is 1.93. The molecular formula is C19H29N7O. The highest BCUT2D eigenvalue weighted by Gasteiger charge is 2.08. The van der Waals surface area contributed by atoms with E-state index in [0.29, 0.717) is 18.7 Å². The summed E-state index contributed by atoms with van der Waals surface area (Å²) in [7, 11) is 3.52. The number of rotatable bonds is 8. The van der Waals surface area contributed by atoms with E-state index < -0.39 is 0 Å². The Bertz CT molecular complexity index is 767. The third kappa shape index (κ3) is 6.09. The molecule has 8 heteroatoms. The van der Waals surface area contributed by atoms with Gasteiger partial charge in [-0.25, -0.2) is 4.99 Å². The molecule has 0 aliphatic carbocycles. The van der Waals surface area contributed by atoms with Gasteiger partial charge < -0.3 is 20.1 Å². The number of amides is 1. The maximum absolute atomic E-state index is 12.1. The molecule has 0 atom stereocenters. The molecule has 0 aliphatic heterocycles. The van der Waals surface area contributed by atoms with E-state index in [0.717, 1.165) is 36.9 Å². The Kier molecular flexibility index (Phi) is 7.79. The van der Waals surface area contributed by atoms with Crippen molar-refractivity contribution < 1.29 is 4.79 Å². The van der Waals surface area contributed by atoms with Gasteiger partial charge >= 0.3 is 0 Å². The Labute approximate surface area is 160 Å². The largest absolute Gasteiger partial charge is 0.357 e. The number of nitrogens with one attached hydrogen (secondary N) is 2. The number of benzene rings is 1. The molecule has 0 radical (unpaired) electrons.